The van der Waals surface area contributed by atoms with Crippen molar-refractivity contribution in [1.29, 1.82) is 0 Å². The van der Waals surface area contributed by atoms with Gasteiger partial charge in [-0.15, -0.1) is 0 Å². The number of rotatable bonds is 1. The van der Waals surface area contributed by atoms with E-state index in [0.29, 0.717) is 11.9 Å². The summed E-state index contributed by atoms with van der Waals surface area (Å²) in [6.07, 6.45) is 7.34. The highest BCUT2D eigenvalue weighted by atomic mass is 16.2. The molecule has 1 saturated heterocycles. The molecule has 1 heterocycles. The van der Waals surface area contributed by atoms with Crippen LogP contribution in [-0.4, -0.2) is 28.6 Å². The lowest BCUT2D eigenvalue weighted by Crippen LogP contribution is -2.51. The van der Waals surface area contributed by atoms with Crippen LogP contribution in [0.4, 0.5) is 0 Å². The lowest BCUT2D eigenvalue weighted by atomic mass is 9.72. The number of carbonyl (C=O) groups excluding carboxylic acids is 1. The van der Waals surface area contributed by atoms with E-state index in [-0.39, 0.29) is 17.1 Å². The molecule has 0 aromatic rings. The standard InChI is InChI=1S/C14H24N2O/c1-10-15-14(8-9-14)12(17)16(10)11-6-4-5-7-13(11,2)3/h10-11,15H,4-9H2,1-3H3. The van der Waals surface area contributed by atoms with Gasteiger partial charge in [-0.1, -0.05) is 26.7 Å². The van der Waals surface area contributed by atoms with Crippen molar-refractivity contribution in [2.75, 3.05) is 0 Å². The van der Waals surface area contributed by atoms with Crippen molar-refractivity contribution in [1.82, 2.24) is 10.2 Å². The summed E-state index contributed by atoms with van der Waals surface area (Å²) in [5.74, 6) is 0.380. The van der Waals surface area contributed by atoms with E-state index in [4.69, 9.17) is 0 Å². The van der Waals surface area contributed by atoms with Crippen LogP contribution in [0.1, 0.15) is 59.3 Å². The van der Waals surface area contributed by atoms with Gasteiger partial charge in [-0.2, -0.15) is 0 Å². The second-order valence-electron chi connectivity index (χ2n) is 6.87. The molecular weight excluding hydrogens is 212 g/mol. The van der Waals surface area contributed by atoms with E-state index in [1.165, 1.54) is 25.7 Å². The normalized spacial score (nSPS) is 38.8. The Morgan fingerprint density at radius 1 is 1.24 bits per heavy atom. The van der Waals surface area contributed by atoms with E-state index in [0.717, 1.165) is 12.8 Å². The van der Waals surface area contributed by atoms with E-state index >= 15 is 0 Å². The fourth-order valence-corrected chi connectivity index (χ4v) is 3.84. The molecule has 3 rings (SSSR count). The van der Waals surface area contributed by atoms with Crippen LogP contribution in [0.25, 0.3) is 0 Å². The second kappa shape index (κ2) is 3.47. The molecule has 1 N–H and O–H groups in total. The average Bonchev–Trinajstić information content (AvgIpc) is 2.96. The third-order valence-electron chi connectivity index (χ3n) is 5.08. The van der Waals surface area contributed by atoms with E-state index < -0.39 is 0 Å². The molecule has 1 spiro atoms. The van der Waals surface area contributed by atoms with Crippen molar-refractivity contribution >= 4 is 5.91 Å². The van der Waals surface area contributed by atoms with Crippen molar-refractivity contribution < 1.29 is 4.79 Å². The molecule has 2 unspecified atom stereocenters. The predicted octanol–water partition coefficient (Wildman–Crippen LogP) is 2.27. The number of hydrogen-bond acceptors (Lipinski definition) is 2. The summed E-state index contributed by atoms with van der Waals surface area (Å²) in [4.78, 5) is 14.7. The van der Waals surface area contributed by atoms with Gasteiger partial charge in [0.1, 0.15) is 0 Å². The van der Waals surface area contributed by atoms with Crippen LogP contribution in [-0.2, 0) is 4.79 Å². The van der Waals surface area contributed by atoms with Gasteiger partial charge in [-0.3, -0.25) is 10.1 Å². The van der Waals surface area contributed by atoms with Crippen LogP contribution < -0.4 is 5.32 Å². The summed E-state index contributed by atoms with van der Waals surface area (Å²) in [6.45, 7) is 6.80. The largest absolute Gasteiger partial charge is 0.322 e. The maximum atomic E-state index is 12.6. The first-order chi connectivity index (χ1) is 7.96. The van der Waals surface area contributed by atoms with Gasteiger partial charge in [0, 0.05) is 6.04 Å². The summed E-state index contributed by atoms with van der Waals surface area (Å²) in [6, 6.07) is 0.436. The summed E-state index contributed by atoms with van der Waals surface area (Å²) >= 11 is 0. The van der Waals surface area contributed by atoms with Gasteiger partial charge in [0.05, 0.1) is 11.7 Å². The molecule has 1 amide bonds. The number of nitrogens with zero attached hydrogens (tertiary/aromatic N) is 1. The summed E-state index contributed by atoms with van der Waals surface area (Å²) in [5, 5.41) is 3.52. The molecular formula is C14H24N2O. The van der Waals surface area contributed by atoms with Crippen LogP contribution >= 0.6 is 0 Å². The minimum Gasteiger partial charge on any atom is -0.322 e. The first-order valence-corrected chi connectivity index (χ1v) is 7.07. The highest BCUT2D eigenvalue weighted by Gasteiger charge is 2.60. The topological polar surface area (TPSA) is 32.3 Å². The van der Waals surface area contributed by atoms with Gasteiger partial charge < -0.3 is 4.90 Å². The Labute approximate surface area is 104 Å². The van der Waals surface area contributed by atoms with E-state index in [9.17, 15) is 4.79 Å². The fraction of sp³-hybridized carbons (Fsp3) is 0.929. The van der Waals surface area contributed by atoms with Crippen LogP contribution in [0.15, 0.2) is 0 Å². The highest BCUT2D eigenvalue weighted by Crippen LogP contribution is 2.47. The van der Waals surface area contributed by atoms with Gasteiger partial charge in [0.25, 0.3) is 0 Å². The zero-order valence-corrected chi connectivity index (χ0v) is 11.3. The SMILES string of the molecule is CC1NC2(CC2)C(=O)N1C1CCCCC1(C)C. The Kier molecular flexibility index (Phi) is 2.35. The van der Waals surface area contributed by atoms with Crippen molar-refractivity contribution in [3.63, 3.8) is 0 Å². The molecule has 0 bridgehead atoms. The van der Waals surface area contributed by atoms with Crippen LogP contribution in [0.2, 0.25) is 0 Å². The fourth-order valence-electron chi connectivity index (χ4n) is 3.84. The maximum absolute atomic E-state index is 12.6. The van der Waals surface area contributed by atoms with Crippen molar-refractivity contribution in [3.05, 3.63) is 0 Å². The maximum Gasteiger partial charge on any atom is 0.244 e. The molecule has 2 saturated carbocycles. The van der Waals surface area contributed by atoms with Crippen molar-refractivity contribution in [2.45, 2.75) is 77.0 Å². The molecule has 3 aliphatic rings. The van der Waals surface area contributed by atoms with E-state index in [1.54, 1.807) is 0 Å². The van der Waals surface area contributed by atoms with Crippen LogP contribution in [0.3, 0.4) is 0 Å². The van der Waals surface area contributed by atoms with Gasteiger partial charge in [-0.05, 0) is 38.0 Å². The van der Waals surface area contributed by atoms with Crippen molar-refractivity contribution in [3.8, 4) is 0 Å². The number of hydrogen-bond donors (Lipinski definition) is 1. The minimum atomic E-state index is -0.146. The van der Waals surface area contributed by atoms with E-state index in [2.05, 4.69) is 31.0 Å². The van der Waals surface area contributed by atoms with Gasteiger partial charge in [0.15, 0.2) is 0 Å². The molecule has 2 aliphatic carbocycles. The quantitative estimate of drug-likeness (QED) is 0.757. The smallest absolute Gasteiger partial charge is 0.244 e. The molecule has 3 nitrogen and oxygen atoms in total. The number of nitrogens with one attached hydrogen (secondary N) is 1. The highest BCUT2D eigenvalue weighted by molar-refractivity contribution is 5.92. The molecule has 0 aromatic carbocycles. The van der Waals surface area contributed by atoms with Crippen LogP contribution in [0.5, 0.6) is 0 Å². The third-order valence-corrected chi connectivity index (χ3v) is 5.08. The third kappa shape index (κ3) is 1.62. The first-order valence-electron chi connectivity index (χ1n) is 7.07. The Hall–Kier alpha value is -0.570. The monoisotopic (exact) mass is 236 g/mol. The average molecular weight is 236 g/mol. The lowest BCUT2D eigenvalue weighted by molar-refractivity contribution is -0.136. The Bertz CT molecular complexity index is 346. The second-order valence-corrected chi connectivity index (χ2v) is 6.87. The minimum absolute atomic E-state index is 0.146. The molecule has 2 atom stereocenters. The van der Waals surface area contributed by atoms with E-state index in [1.807, 2.05) is 0 Å². The number of amides is 1. The summed E-state index contributed by atoms with van der Waals surface area (Å²) in [5.41, 5.74) is 0.136. The zero-order valence-electron chi connectivity index (χ0n) is 11.3. The number of carbonyl (C=O) groups is 1. The Morgan fingerprint density at radius 3 is 2.47 bits per heavy atom. The van der Waals surface area contributed by atoms with Gasteiger partial charge >= 0.3 is 0 Å². The summed E-state index contributed by atoms with van der Waals surface area (Å²) in [7, 11) is 0. The molecule has 96 valence electrons. The van der Waals surface area contributed by atoms with Gasteiger partial charge in [-0.25, -0.2) is 0 Å². The molecule has 3 heteroatoms. The molecule has 0 aromatic heterocycles. The summed E-state index contributed by atoms with van der Waals surface area (Å²) < 4.78 is 0. The van der Waals surface area contributed by atoms with Crippen LogP contribution in [0, 0.1) is 5.41 Å². The first kappa shape index (κ1) is 11.5. The van der Waals surface area contributed by atoms with Gasteiger partial charge in [0.2, 0.25) is 5.91 Å². The Balaban J connectivity index is 1.85. The molecule has 1 aliphatic heterocycles. The Morgan fingerprint density at radius 2 is 1.94 bits per heavy atom. The zero-order chi connectivity index (χ0) is 12.3. The molecule has 0 radical (unpaired) electrons. The molecule has 17 heavy (non-hydrogen) atoms. The van der Waals surface area contributed by atoms with Crippen molar-refractivity contribution in [2.24, 2.45) is 5.41 Å². The lowest BCUT2D eigenvalue weighted by Gasteiger charge is -2.45. The predicted molar refractivity (Wildman–Crippen MR) is 67.4 cm³/mol. The molecule has 3 fully saturated rings.